The van der Waals surface area contributed by atoms with Crippen molar-refractivity contribution in [3.8, 4) is 0 Å². The Morgan fingerprint density at radius 2 is 1.95 bits per heavy atom. The number of carbonyl (C=O) groups excluding carboxylic acids is 2. The predicted octanol–water partition coefficient (Wildman–Crippen LogP) is 0.701. The quantitative estimate of drug-likeness (QED) is 0.187. The molecule has 0 aromatic rings. The number of halogens is 1. The summed E-state index contributed by atoms with van der Waals surface area (Å²) in [6.07, 6.45) is 3.31. The van der Waals surface area contributed by atoms with E-state index in [0.717, 1.165) is 19.3 Å². The molecule has 2 aliphatic carbocycles. The van der Waals surface area contributed by atoms with Crippen molar-refractivity contribution in [2.75, 3.05) is 6.61 Å². The Morgan fingerprint density at radius 1 is 1.27 bits per heavy atom. The third-order valence-corrected chi connectivity index (χ3v) is 6.52. The van der Waals surface area contributed by atoms with Crippen LogP contribution in [0.3, 0.4) is 0 Å². The summed E-state index contributed by atoms with van der Waals surface area (Å²) in [5, 5.41) is 6.35. The number of rotatable bonds is 5. The van der Waals surface area contributed by atoms with E-state index in [1.165, 1.54) is 6.92 Å². The number of nitrogens with one attached hydrogen (secondary N) is 2. The van der Waals surface area contributed by atoms with Crippen LogP contribution in [-0.2, 0) is 38.5 Å². The Morgan fingerprint density at radius 3 is 2.45 bits per heavy atom. The van der Waals surface area contributed by atoms with Crippen molar-refractivity contribution >= 4 is 34.5 Å². The maximum atomic E-state index is 12.2. The molecule has 0 amide bonds. The van der Waals surface area contributed by atoms with Crippen LogP contribution in [0.5, 0.6) is 0 Å². The molecule has 4 aliphatic rings. The van der Waals surface area contributed by atoms with Gasteiger partial charge in [0, 0.05) is 32.1 Å². The minimum Gasteiger partial charge on any atom is -0.484 e. The van der Waals surface area contributed by atoms with Crippen molar-refractivity contribution in [2.45, 2.75) is 44.1 Å². The SMILES string of the molecule is CC(=O)OCC1CC2CC1CC2OC(=O)[C-](I)C12NC1N2.[Rh]. The van der Waals surface area contributed by atoms with Crippen LogP contribution in [0.1, 0.15) is 26.2 Å². The van der Waals surface area contributed by atoms with Gasteiger partial charge in [-0.2, -0.15) is 3.92 Å². The molecule has 6 nitrogen and oxygen atoms in total. The van der Waals surface area contributed by atoms with Gasteiger partial charge in [-0.15, -0.1) is 0 Å². The summed E-state index contributed by atoms with van der Waals surface area (Å²) in [7, 11) is 0. The largest absolute Gasteiger partial charge is 0.484 e. The second-order valence-corrected chi connectivity index (χ2v) is 7.66. The van der Waals surface area contributed by atoms with Crippen molar-refractivity contribution in [3.63, 3.8) is 0 Å². The number of esters is 2. The molecular weight excluding hydrogens is 490 g/mol. The fourth-order valence-electron chi connectivity index (χ4n) is 3.89. The molecule has 0 aromatic carbocycles. The first kappa shape index (κ1) is 16.9. The molecule has 4 fully saturated rings. The molecule has 2 aliphatic heterocycles. The van der Waals surface area contributed by atoms with Crippen LogP contribution < -0.4 is 10.6 Å². The molecule has 4 atom stereocenters. The Balaban J connectivity index is 0.00000144. The molecule has 2 saturated carbocycles. The van der Waals surface area contributed by atoms with E-state index in [1.54, 1.807) is 0 Å². The van der Waals surface area contributed by atoms with Gasteiger partial charge >= 0.3 is 5.97 Å². The Labute approximate surface area is 155 Å². The molecule has 2 saturated heterocycles. The summed E-state index contributed by atoms with van der Waals surface area (Å²) < 4.78 is 11.5. The van der Waals surface area contributed by atoms with Gasteiger partial charge in [-0.05, 0) is 37.0 Å². The van der Waals surface area contributed by atoms with E-state index < -0.39 is 0 Å². The summed E-state index contributed by atoms with van der Waals surface area (Å²) >= 11 is 2.08. The van der Waals surface area contributed by atoms with Crippen LogP contribution in [0.25, 0.3) is 0 Å². The van der Waals surface area contributed by atoms with Gasteiger partial charge in [0.1, 0.15) is 6.10 Å². The number of fused-ring (bicyclic) bond motifs is 3. The summed E-state index contributed by atoms with van der Waals surface area (Å²) in [4.78, 5) is 23.1. The summed E-state index contributed by atoms with van der Waals surface area (Å²) in [5.74, 6) is 0.984. The van der Waals surface area contributed by atoms with Crippen LogP contribution in [0, 0.1) is 21.7 Å². The van der Waals surface area contributed by atoms with Gasteiger partial charge in [-0.3, -0.25) is 32.2 Å². The van der Waals surface area contributed by atoms with E-state index in [4.69, 9.17) is 9.47 Å². The van der Waals surface area contributed by atoms with E-state index in [9.17, 15) is 9.59 Å². The van der Waals surface area contributed by atoms with Crippen molar-refractivity contribution in [3.05, 3.63) is 3.92 Å². The van der Waals surface area contributed by atoms with Crippen LogP contribution in [0.4, 0.5) is 0 Å². The van der Waals surface area contributed by atoms with Crippen molar-refractivity contribution < 1.29 is 38.5 Å². The summed E-state index contributed by atoms with van der Waals surface area (Å²) in [6, 6.07) is 0. The Hall–Kier alpha value is 0.0834. The zero-order valence-corrected chi connectivity index (χ0v) is 15.9. The van der Waals surface area contributed by atoms with E-state index in [2.05, 4.69) is 33.2 Å². The van der Waals surface area contributed by atoms with Gasteiger partial charge in [0.2, 0.25) is 0 Å². The first-order valence-corrected chi connectivity index (χ1v) is 8.50. The summed E-state index contributed by atoms with van der Waals surface area (Å²) in [6.45, 7) is 1.96. The van der Waals surface area contributed by atoms with E-state index in [-0.39, 0.29) is 49.3 Å². The predicted molar refractivity (Wildman–Crippen MR) is 80.9 cm³/mol. The maximum Gasteiger partial charge on any atom is 0.302 e. The van der Waals surface area contributed by atoms with Crippen molar-refractivity contribution in [2.24, 2.45) is 17.8 Å². The number of ether oxygens (including phenoxy) is 2. The zero-order chi connectivity index (χ0) is 14.8. The van der Waals surface area contributed by atoms with E-state index in [1.807, 2.05) is 0 Å². The van der Waals surface area contributed by atoms with Crippen LogP contribution in [-0.4, -0.2) is 36.5 Å². The molecule has 2 bridgehead atoms. The van der Waals surface area contributed by atoms with Gasteiger partial charge in [-0.1, -0.05) is 0 Å². The Bertz CT molecular complexity index is 499. The smallest absolute Gasteiger partial charge is 0.302 e. The monoisotopic (exact) mass is 508 g/mol. The van der Waals surface area contributed by atoms with E-state index >= 15 is 0 Å². The molecule has 125 valence electrons. The van der Waals surface area contributed by atoms with Gasteiger partial charge in [0.25, 0.3) is 0 Å². The molecule has 4 rings (SSSR count). The fraction of sp³-hybridized carbons (Fsp3) is 0.786. The third-order valence-electron chi connectivity index (χ3n) is 5.23. The molecule has 0 spiro atoms. The molecule has 4 unspecified atom stereocenters. The van der Waals surface area contributed by atoms with Crippen molar-refractivity contribution in [1.29, 1.82) is 0 Å². The normalized spacial score (nSPS) is 42.9. The van der Waals surface area contributed by atoms with E-state index in [0.29, 0.717) is 28.3 Å². The van der Waals surface area contributed by atoms with Crippen LogP contribution in [0.2, 0.25) is 0 Å². The molecule has 2 heterocycles. The molecule has 0 aromatic heterocycles. The fourth-order valence-corrected chi connectivity index (χ4v) is 4.64. The second kappa shape index (κ2) is 5.86. The molecule has 1 radical (unpaired) electrons. The average Bonchev–Trinajstić information content (AvgIpc) is 3.20. The number of hydrogen-bond acceptors (Lipinski definition) is 6. The van der Waals surface area contributed by atoms with Crippen molar-refractivity contribution in [1.82, 2.24) is 10.6 Å². The molecular formula is C14H18IN2O4Rh-. The third kappa shape index (κ3) is 2.80. The Kier molecular flexibility index (Phi) is 4.51. The topological polar surface area (TPSA) is 96.5 Å². The van der Waals surface area contributed by atoms with Gasteiger partial charge < -0.3 is 20.1 Å². The molecule has 22 heavy (non-hydrogen) atoms. The van der Waals surface area contributed by atoms with Gasteiger partial charge in [0.15, 0.2) is 5.97 Å². The molecule has 2 N–H and O–H groups in total. The van der Waals surface area contributed by atoms with Crippen LogP contribution >= 0.6 is 22.6 Å². The van der Waals surface area contributed by atoms with Crippen LogP contribution in [0.15, 0.2) is 0 Å². The summed E-state index contributed by atoms with van der Waals surface area (Å²) in [5.41, 5.74) is -0.243. The zero-order valence-electron chi connectivity index (χ0n) is 12.1. The number of carbonyl (C=O) groups is 2. The minimum absolute atomic E-state index is 0. The first-order chi connectivity index (χ1) is 9.99. The minimum atomic E-state index is -0.243. The first-order valence-electron chi connectivity index (χ1n) is 7.42. The molecule has 8 heteroatoms. The van der Waals surface area contributed by atoms with Gasteiger partial charge in [-0.25, -0.2) is 0 Å². The van der Waals surface area contributed by atoms with Gasteiger partial charge in [0.05, 0.1) is 12.8 Å². The standard InChI is InChI=1S/C14H18IN2O4.Rh/c1-6(18)20-5-9-3-8-2-7(9)4-10(8)21-12(19)11(15)14-13(16-14)17-14;/h7-10,13,16-17H,2-5H2,1H3;/q-1;. The number of hydrogen-bond donors (Lipinski definition) is 2. The second-order valence-electron chi connectivity index (χ2n) is 6.58. The maximum absolute atomic E-state index is 12.2. The average molecular weight is 508 g/mol.